The number of hydrogen-bond donors (Lipinski definition) is 1. The Balaban J connectivity index is 2.26. The summed E-state index contributed by atoms with van der Waals surface area (Å²) in [6.07, 6.45) is 0. The van der Waals surface area contributed by atoms with Gasteiger partial charge >= 0.3 is 5.97 Å². The van der Waals surface area contributed by atoms with Crippen molar-refractivity contribution in [3.63, 3.8) is 0 Å². The van der Waals surface area contributed by atoms with Gasteiger partial charge in [-0.3, -0.25) is 0 Å². The van der Waals surface area contributed by atoms with Crippen LogP contribution in [0, 0.1) is 19.7 Å². The van der Waals surface area contributed by atoms with Crippen LogP contribution in [0.4, 0.5) is 4.39 Å². The Bertz CT molecular complexity index is 641. The molecule has 0 radical (unpaired) electrons. The van der Waals surface area contributed by atoms with Crippen LogP contribution in [0.25, 0.3) is 0 Å². The van der Waals surface area contributed by atoms with E-state index in [-0.39, 0.29) is 17.3 Å². The maximum absolute atomic E-state index is 13.4. The number of benzene rings is 1. The second-order valence-corrected chi connectivity index (χ2v) is 4.10. The van der Waals surface area contributed by atoms with Gasteiger partial charge in [0.1, 0.15) is 11.6 Å². The van der Waals surface area contributed by atoms with Crippen molar-refractivity contribution < 1.29 is 19.0 Å². The summed E-state index contributed by atoms with van der Waals surface area (Å²) in [6, 6.07) is 7.33. The predicted molar refractivity (Wildman–Crippen MR) is 67.1 cm³/mol. The summed E-state index contributed by atoms with van der Waals surface area (Å²) in [5.74, 6) is -0.863. The van der Waals surface area contributed by atoms with Crippen LogP contribution < -0.4 is 4.74 Å². The first-order chi connectivity index (χ1) is 8.97. The lowest BCUT2D eigenvalue weighted by molar-refractivity contribution is 0.0695. The molecular formula is C14H12FNO3. The summed E-state index contributed by atoms with van der Waals surface area (Å²) >= 11 is 0. The molecule has 0 atom stereocenters. The number of aryl methyl sites for hydroxylation is 2. The quantitative estimate of drug-likeness (QED) is 0.920. The molecule has 0 saturated carbocycles. The highest BCUT2D eigenvalue weighted by Crippen LogP contribution is 2.22. The highest BCUT2D eigenvalue weighted by molar-refractivity contribution is 5.88. The van der Waals surface area contributed by atoms with Crippen molar-refractivity contribution in [3.8, 4) is 11.6 Å². The van der Waals surface area contributed by atoms with Crippen LogP contribution in [0.3, 0.4) is 0 Å². The molecule has 0 bridgehead atoms. The Morgan fingerprint density at radius 3 is 2.58 bits per heavy atom. The molecule has 5 heteroatoms. The fourth-order valence-corrected chi connectivity index (χ4v) is 1.58. The Morgan fingerprint density at radius 1 is 1.26 bits per heavy atom. The molecule has 0 aliphatic rings. The lowest BCUT2D eigenvalue weighted by Crippen LogP contribution is -2.02. The van der Waals surface area contributed by atoms with E-state index < -0.39 is 5.97 Å². The summed E-state index contributed by atoms with van der Waals surface area (Å²) < 4.78 is 18.7. The average Bonchev–Trinajstić information content (AvgIpc) is 2.33. The molecular weight excluding hydrogens is 249 g/mol. The maximum atomic E-state index is 13.4. The van der Waals surface area contributed by atoms with E-state index in [0.29, 0.717) is 17.0 Å². The fourth-order valence-electron chi connectivity index (χ4n) is 1.58. The molecule has 2 aromatic rings. The van der Waals surface area contributed by atoms with Crippen molar-refractivity contribution in [1.29, 1.82) is 0 Å². The molecule has 98 valence electrons. The van der Waals surface area contributed by atoms with Gasteiger partial charge in [0.25, 0.3) is 0 Å². The molecule has 1 heterocycles. The Morgan fingerprint density at radius 2 is 2.00 bits per heavy atom. The molecule has 0 unspecified atom stereocenters. The summed E-state index contributed by atoms with van der Waals surface area (Å²) in [5, 5.41) is 8.88. The monoisotopic (exact) mass is 261 g/mol. The second kappa shape index (κ2) is 5.06. The van der Waals surface area contributed by atoms with Gasteiger partial charge in [0.05, 0.1) is 11.3 Å². The highest BCUT2D eigenvalue weighted by atomic mass is 19.1. The topological polar surface area (TPSA) is 59.4 Å². The molecule has 0 aliphatic carbocycles. The minimum absolute atomic E-state index is 0.113. The van der Waals surface area contributed by atoms with Crippen molar-refractivity contribution in [1.82, 2.24) is 4.98 Å². The number of halogens is 1. The predicted octanol–water partition coefficient (Wildman–Crippen LogP) is 3.33. The van der Waals surface area contributed by atoms with Crippen LogP contribution >= 0.6 is 0 Å². The van der Waals surface area contributed by atoms with Gasteiger partial charge in [-0.25, -0.2) is 14.2 Å². The third-order valence-corrected chi connectivity index (χ3v) is 2.66. The van der Waals surface area contributed by atoms with E-state index >= 15 is 0 Å². The van der Waals surface area contributed by atoms with E-state index in [1.807, 2.05) is 0 Å². The number of ether oxygens (including phenoxy) is 1. The first kappa shape index (κ1) is 13.0. The van der Waals surface area contributed by atoms with Gasteiger partial charge in [-0.1, -0.05) is 6.07 Å². The molecule has 4 nitrogen and oxygen atoms in total. The number of pyridine rings is 1. The Hall–Kier alpha value is -2.43. The average molecular weight is 261 g/mol. The van der Waals surface area contributed by atoms with Crippen molar-refractivity contribution in [3.05, 3.63) is 53.0 Å². The number of rotatable bonds is 3. The Kier molecular flexibility index (Phi) is 3.46. The van der Waals surface area contributed by atoms with E-state index in [2.05, 4.69) is 4.98 Å². The first-order valence-electron chi connectivity index (χ1n) is 5.62. The van der Waals surface area contributed by atoms with Crippen molar-refractivity contribution in [2.24, 2.45) is 0 Å². The number of nitrogens with zero attached hydrogens (tertiary/aromatic N) is 1. The van der Waals surface area contributed by atoms with Crippen LogP contribution in [0.15, 0.2) is 30.3 Å². The maximum Gasteiger partial charge on any atom is 0.337 e. The first-order valence-corrected chi connectivity index (χ1v) is 5.62. The third kappa shape index (κ3) is 2.88. The van der Waals surface area contributed by atoms with E-state index in [4.69, 9.17) is 9.84 Å². The molecule has 19 heavy (non-hydrogen) atoms. The summed E-state index contributed by atoms with van der Waals surface area (Å²) in [5.41, 5.74) is 0.984. The molecule has 2 rings (SSSR count). The smallest absolute Gasteiger partial charge is 0.337 e. The molecule has 1 aromatic carbocycles. The molecule has 0 saturated heterocycles. The van der Waals surface area contributed by atoms with E-state index in [0.717, 1.165) is 0 Å². The van der Waals surface area contributed by atoms with Gasteiger partial charge in [-0.15, -0.1) is 0 Å². The van der Waals surface area contributed by atoms with Gasteiger partial charge in [0.15, 0.2) is 0 Å². The normalized spacial score (nSPS) is 10.3. The van der Waals surface area contributed by atoms with Gasteiger partial charge < -0.3 is 9.84 Å². The lowest BCUT2D eigenvalue weighted by atomic mass is 10.2. The molecule has 0 amide bonds. The van der Waals surface area contributed by atoms with Crippen LogP contribution in [0.5, 0.6) is 11.6 Å². The highest BCUT2D eigenvalue weighted by Gasteiger charge is 2.10. The Labute approximate surface area is 109 Å². The zero-order valence-electron chi connectivity index (χ0n) is 10.5. The zero-order chi connectivity index (χ0) is 14.0. The minimum atomic E-state index is -1.04. The standard InChI is InChI=1S/C14H12FNO3/c1-8-3-4-10(7-12(8)15)19-13-6-5-11(14(17)18)9(2)16-13/h3-7H,1-2H3,(H,17,18). The number of aromatic carboxylic acids is 1. The molecule has 0 fully saturated rings. The largest absolute Gasteiger partial charge is 0.478 e. The third-order valence-electron chi connectivity index (χ3n) is 2.66. The number of aromatic nitrogens is 1. The van der Waals surface area contributed by atoms with Crippen molar-refractivity contribution in [2.75, 3.05) is 0 Å². The fraction of sp³-hybridized carbons (Fsp3) is 0.143. The number of hydrogen-bond acceptors (Lipinski definition) is 3. The van der Waals surface area contributed by atoms with Crippen LogP contribution in [-0.4, -0.2) is 16.1 Å². The molecule has 0 aliphatic heterocycles. The van der Waals surface area contributed by atoms with E-state index in [1.54, 1.807) is 26.0 Å². The summed E-state index contributed by atoms with van der Waals surface area (Å²) in [6.45, 7) is 3.23. The molecule has 1 N–H and O–H groups in total. The second-order valence-electron chi connectivity index (χ2n) is 4.10. The van der Waals surface area contributed by atoms with E-state index in [9.17, 15) is 9.18 Å². The molecule has 1 aromatic heterocycles. The summed E-state index contributed by atoms with van der Waals surface area (Å²) in [4.78, 5) is 14.9. The minimum Gasteiger partial charge on any atom is -0.478 e. The number of carboxylic acid groups (broad SMARTS) is 1. The van der Waals surface area contributed by atoms with Gasteiger partial charge in [-0.05, 0) is 31.5 Å². The van der Waals surface area contributed by atoms with Crippen molar-refractivity contribution in [2.45, 2.75) is 13.8 Å². The van der Waals surface area contributed by atoms with Gasteiger partial charge in [0, 0.05) is 12.1 Å². The number of carbonyl (C=O) groups is 1. The zero-order valence-corrected chi connectivity index (χ0v) is 10.5. The lowest BCUT2D eigenvalue weighted by Gasteiger charge is -2.07. The van der Waals surface area contributed by atoms with Crippen LogP contribution in [0.1, 0.15) is 21.6 Å². The van der Waals surface area contributed by atoms with E-state index in [1.165, 1.54) is 18.2 Å². The van der Waals surface area contributed by atoms with Crippen molar-refractivity contribution >= 4 is 5.97 Å². The van der Waals surface area contributed by atoms with Gasteiger partial charge in [-0.2, -0.15) is 0 Å². The number of carboxylic acids is 1. The molecule has 0 spiro atoms. The van der Waals surface area contributed by atoms with Crippen LogP contribution in [-0.2, 0) is 0 Å². The van der Waals surface area contributed by atoms with Crippen LogP contribution in [0.2, 0.25) is 0 Å². The summed E-state index contributed by atoms with van der Waals surface area (Å²) in [7, 11) is 0. The van der Waals surface area contributed by atoms with Gasteiger partial charge in [0.2, 0.25) is 5.88 Å². The SMILES string of the molecule is Cc1ccc(Oc2ccc(C(=O)O)c(C)n2)cc1F.